The average Bonchev–Trinajstić information content (AvgIpc) is 3.07. The third-order valence-corrected chi connectivity index (χ3v) is 6.06. The number of nitrogens with one attached hydrogen (secondary N) is 1. The third-order valence-electron chi connectivity index (χ3n) is 6.06. The van der Waals surface area contributed by atoms with E-state index in [1.54, 1.807) is 12.1 Å². The molecule has 14 heteroatoms. The van der Waals surface area contributed by atoms with Gasteiger partial charge in [-0.25, -0.2) is 9.59 Å². The summed E-state index contributed by atoms with van der Waals surface area (Å²) in [6.07, 6.45) is 2.24. The van der Waals surface area contributed by atoms with Gasteiger partial charge in [0.2, 0.25) is 0 Å². The van der Waals surface area contributed by atoms with Crippen LogP contribution < -0.4 is 5.32 Å². The van der Waals surface area contributed by atoms with Crippen molar-refractivity contribution in [2.45, 2.75) is 46.1 Å². The summed E-state index contributed by atoms with van der Waals surface area (Å²) in [5, 5.41) is 3.31. The first kappa shape index (κ1) is 44.6. The largest absolute Gasteiger partial charge is 0.460 e. The molecule has 0 unspecified atom stereocenters. The highest BCUT2D eigenvalue weighted by molar-refractivity contribution is 5.89. The van der Waals surface area contributed by atoms with Crippen LogP contribution in [0.15, 0.2) is 24.3 Å². The Morgan fingerprint density at radius 3 is 1.29 bits per heavy atom. The highest BCUT2D eigenvalue weighted by atomic mass is 16.6. The van der Waals surface area contributed by atoms with Gasteiger partial charge in [-0.2, -0.15) is 0 Å². The summed E-state index contributed by atoms with van der Waals surface area (Å²) in [7, 11) is 0. The molecule has 0 aliphatic heterocycles. The second-order valence-electron chi connectivity index (χ2n) is 11.5. The summed E-state index contributed by atoms with van der Waals surface area (Å²) < 4.78 is 59.2. The lowest BCUT2D eigenvalue weighted by atomic mass is 10.2. The minimum Gasteiger partial charge on any atom is -0.460 e. The summed E-state index contributed by atoms with van der Waals surface area (Å²) in [5.74, 6) is -0.756. The van der Waals surface area contributed by atoms with Crippen molar-refractivity contribution in [3.05, 3.63) is 29.8 Å². The number of ether oxygens (including phenoxy) is 11. The average molecular weight is 704 g/mol. The third kappa shape index (κ3) is 30.2. The maximum absolute atomic E-state index is 12.1. The van der Waals surface area contributed by atoms with E-state index in [-0.39, 0.29) is 19.2 Å². The second kappa shape index (κ2) is 31.6. The predicted octanol–water partition coefficient (Wildman–Crippen LogP) is 3.55. The van der Waals surface area contributed by atoms with Crippen LogP contribution in [0.3, 0.4) is 0 Å². The highest BCUT2D eigenvalue weighted by Gasteiger charge is 2.16. The van der Waals surface area contributed by atoms with Gasteiger partial charge in [0.05, 0.1) is 118 Å². The summed E-state index contributed by atoms with van der Waals surface area (Å²) >= 11 is 0. The zero-order valence-electron chi connectivity index (χ0n) is 30.2. The maximum atomic E-state index is 12.1. The quantitative estimate of drug-likeness (QED) is 0.0824. The molecular formula is C35H61NO13. The van der Waals surface area contributed by atoms with Gasteiger partial charge in [-0.1, -0.05) is 13.3 Å². The van der Waals surface area contributed by atoms with E-state index in [0.29, 0.717) is 118 Å². The fourth-order valence-corrected chi connectivity index (χ4v) is 3.70. The first-order chi connectivity index (χ1) is 23.8. The van der Waals surface area contributed by atoms with Crippen LogP contribution >= 0.6 is 0 Å². The lowest BCUT2D eigenvalue weighted by Crippen LogP contribution is -2.27. The van der Waals surface area contributed by atoms with Crippen LogP contribution in [0.5, 0.6) is 0 Å². The van der Waals surface area contributed by atoms with Crippen LogP contribution in [0.2, 0.25) is 0 Å². The van der Waals surface area contributed by atoms with Crippen molar-refractivity contribution < 1.29 is 61.7 Å². The molecule has 1 aromatic carbocycles. The molecule has 0 bridgehead atoms. The molecule has 14 nitrogen and oxygen atoms in total. The number of carbonyl (C=O) groups is 2. The molecule has 0 atom stereocenters. The highest BCUT2D eigenvalue weighted by Crippen LogP contribution is 2.11. The molecule has 0 saturated carbocycles. The minimum absolute atomic E-state index is 0.0877. The fourth-order valence-electron chi connectivity index (χ4n) is 3.70. The minimum atomic E-state index is -0.515. The number of hydrogen-bond donors (Lipinski definition) is 1. The van der Waals surface area contributed by atoms with Crippen molar-refractivity contribution in [1.82, 2.24) is 0 Å². The summed E-state index contributed by atoms with van der Waals surface area (Å²) in [4.78, 5) is 23.6. The van der Waals surface area contributed by atoms with E-state index >= 15 is 0 Å². The number of rotatable bonds is 34. The molecule has 0 spiro atoms. The normalized spacial score (nSPS) is 11.5. The van der Waals surface area contributed by atoms with Crippen molar-refractivity contribution >= 4 is 17.6 Å². The van der Waals surface area contributed by atoms with Crippen LogP contribution in [-0.4, -0.2) is 150 Å². The first-order valence-electron chi connectivity index (χ1n) is 17.2. The molecule has 0 amide bonds. The van der Waals surface area contributed by atoms with Crippen molar-refractivity contribution in [3.8, 4) is 0 Å². The Balaban J connectivity index is 1.72. The Morgan fingerprint density at radius 2 is 0.918 bits per heavy atom. The molecule has 0 saturated heterocycles. The van der Waals surface area contributed by atoms with E-state index in [9.17, 15) is 9.59 Å². The van der Waals surface area contributed by atoms with Gasteiger partial charge in [0.15, 0.2) is 0 Å². The molecule has 1 rings (SSSR count). The van der Waals surface area contributed by atoms with Gasteiger partial charge in [0.25, 0.3) is 0 Å². The van der Waals surface area contributed by atoms with Crippen LogP contribution in [0.1, 0.15) is 50.9 Å². The van der Waals surface area contributed by atoms with Crippen molar-refractivity contribution in [2.24, 2.45) is 0 Å². The predicted molar refractivity (Wildman–Crippen MR) is 183 cm³/mol. The molecule has 0 radical (unpaired) electrons. The summed E-state index contributed by atoms with van der Waals surface area (Å²) in [6.45, 7) is 16.0. The van der Waals surface area contributed by atoms with Gasteiger partial charge in [-0.3, -0.25) is 0 Å². The molecule has 0 aliphatic carbocycles. The summed E-state index contributed by atoms with van der Waals surface area (Å²) in [6, 6.07) is 7.28. The van der Waals surface area contributed by atoms with Crippen LogP contribution in [0.4, 0.5) is 5.69 Å². The Labute approximate surface area is 292 Å². The van der Waals surface area contributed by atoms with Gasteiger partial charge >= 0.3 is 11.9 Å². The van der Waals surface area contributed by atoms with Gasteiger partial charge in [0, 0.05) is 12.2 Å². The van der Waals surface area contributed by atoms with E-state index in [0.717, 1.165) is 25.1 Å². The van der Waals surface area contributed by atoms with E-state index in [2.05, 4.69) is 12.2 Å². The molecule has 0 heterocycles. The maximum Gasteiger partial charge on any atom is 0.338 e. The van der Waals surface area contributed by atoms with Gasteiger partial charge in [-0.05, 0) is 51.5 Å². The second-order valence-corrected chi connectivity index (χ2v) is 11.5. The number of esters is 2. The molecule has 1 aromatic rings. The van der Waals surface area contributed by atoms with Crippen molar-refractivity contribution in [2.75, 3.05) is 137 Å². The van der Waals surface area contributed by atoms with Crippen molar-refractivity contribution in [3.63, 3.8) is 0 Å². The van der Waals surface area contributed by atoms with Crippen LogP contribution in [0, 0.1) is 0 Å². The molecule has 0 aliphatic rings. The van der Waals surface area contributed by atoms with Gasteiger partial charge in [0.1, 0.15) is 18.8 Å². The molecule has 284 valence electrons. The summed E-state index contributed by atoms with van der Waals surface area (Å²) in [5.41, 5.74) is 0.992. The van der Waals surface area contributed by atoms with Crippen molar-refractivity contribution in [1.29, 1.82) is 0 Å². The van der Waals surface area contributed by atoms with E-state index in [4.69, 9.17) is 52.1 Å². The van der Waals surface area contributed by atoms with E-state index in [1.165, 1.54) is 0 Å². The number of anilines is 1. The SMILES string of the molecule is CCCCNc1ccc(C(=O)OCCOCCOCCOCCOCCOCCOCCOCCOCCOCC(=O)OC(C)(C)C)cc1. The zero-order valence-corrected chi connectivity index (χ0v) is 30.2. The van der Waals surface area contributed by atoms with Crippen LogP contribution in [0.25, 0.3) is 0 Å². The fraction of sp³-hybridized carbons (Fsp3) is 0.771. The number of benzene rings is 1. The molecule has 0 aromatic heterocycles. The Kier molecular flexibility index (Phi) is 28.8. The van der Waals surface area contributed by atoms with Gasteiger partial charge in [-0.15, -0.1) is 0 Å². The number of carbonyl (C=O) groups excluding carboxylic acids is 2. The van der Waals surface area contributed by atoms with Crippen LogP contribution in [-0.2, 0) is 56.9 Å². The lowest BCUT2D eigenvalue weighted by Gasteiger charge is -2.19. The van der Waals surface area contributed by atoms with Gasteiger partial charge < -0.3 is 57.4 Å². The Bertz CT molecular complexity index is 912. The van der Waals surface area contributed by atoms with E-state index < -0.39 is 11.6 Å². The number of hydrogen-bond acceptors (Lipinski definition) is 14. The van der Waals surface area contributed by atoms with E-state index in [1.807, 2.05) is 32.9 Å². The Hall–Kier alpha value is -2.40. The smallest absolute Gasteiger partial charge is 0.338 e. The first-order valence-corrected chi connectivity index (χ1v) is 17.2. The molecule has 49 heavy (non-hydrogen) atoms. The topological polar surface area (TPSA) is 148 Å². The molecule has 0 fully saturated rings. The Morgan fingerprint density at radius 1 is 0.551 bits per heavy atom. The molecule has 1 N–H and O–H groups in total. The zero-order chi connectivity index (χ0) is 35.7. The standard InChI is InChI=1S/C35H61NO13/c1-5-6-11-36-32-9-7-31(8-10-32)34(38)48-29-28-46-25-24-44-21-20-42-17-16-40-13-12-39-14-15-41-18-19-43-22-23-45-26-27-47-30-33(37)49-35(2,3)4/h7-10,36H,5-6,11-30H2,1-4H3. The monoisotopic (exact) mass is 703 g/mol. The lowest BCUT2D eigenvalue weighted by molar-refractivity contribution is -0.160. The molecular weight excluding hydrogens is 642 g/mol. The number of unbranched alkanes of at least 4 members (excludes halogenated alkanes) is 1.